The molecule has 0 aromatic carbocycles. The molecule has 1 saturated heterocycles. The zero-order valence-corrected chi connectivity index (χ0v) is 14.7. The van der Waals surface area contributed by atoms with Crippen molar-refractivity contribution in [3.05, 3.63) is 16.8 Å². The molecule has 0 spiro atoms. The van der Waals surface area contributed by atoms with Crippen molar-refractivity contribution in [1.82, 2.24) is 15.3 Å². The number of nitrogens with one attached hydrogen (secondary N) is 2. The van der Waals surface area contributed by atoms with Crippen LogP contribution in [0.15, 0.2) is 6.33 Å². The minimum absolute atomic E-state index is 0.0678. The molecule has 3 rings (SSSR count). The summed E-state index contributed by atoms with van der Waals surface area (Å²) >= 11 is 1.40. The van der Waals surface area contributed by atoms with E-state index >= 15 is 0 Å². The summed E-state index contributed by atoms with van der Waals surface area (Å²) in [6.45, 7) is 4.62. The standard InChI is InChI=1S/C16H22N4O3S/c1-10-12-14(20-11-4-7-23-8-11)18-9-19-16(12)24-13(10)15(21)17-5-3-6-22-2/h9,11H,3-8H2,1-2H3,(H,17,21)(H,18,19,20)/t11-/m0/s1. The molecule has 1 amide bonds. The first kappa shape index (κ1) is 17.1. The number of aryl methyl sites for hydroxylation is 1. The van der Waals surface area contributed by atoms with E-state index in [0.29, 0.717) is 24.6 Å². The molecule has 0 unspecified atom stereocenters. The number of thiophene rings is 1. The van der Waals surface area contributed by atoms with Gasteiger partial charge in [0.05, 0.1) is 22.9 Å². The molecule has 2 N–H and O–H groups in total. The van der Waals surface area contributed by atoms with Crippen LogP contribution >= 0.6 is 11.3 Å². The Bertz CT molecular complexity index is 713. The van der Waals surface area contributed by atoms with Crippen LogP contribution in [-0.4, -0.2) is 55.4 Å². The van der Waals surface area contributed by atoms with Crippen LogP contribution in [-0.2, 0) is 9.47 Å². The number of carbonyl (C=O) groups is 1. The predicted octanol–water partition coefficient (Wildman–Crippen LogP) is 1.97. The average molecular weight is 350 g/mol. The van der Waals surface area contributed by atoms with Gasteiger partial charge in [-0.15, -0.1) is 11.3 Å². The summed E-state index contributed by atoms with van der Waals surface area (Å²) in [5.74, 6) is 0.712. The number of amides is 1. The molecule has 130 valence electrons. The van der Waals surface area contributed by atoms with Crippen molar-refractivity contribution >= 4 is 33.3 Å². The second-order valence-electron chi connectivity index (χ2n) is 5.77. The van der Waals surface area contributed by atoms with Crippen LogP contribution in [0.3, 0.4) is 0 Å². The number of anilines is 1. The molecule has 3 heterocycles. The number of hydrogen-bond acceptors (Lipinski definition) is 7. The molecule has 2 aromatic rings. The first-order valence-corrected chi connectivity index (χ1v) is 8.88. The Hall–Kier alpha value is -1.77. The van der Waals surface area contributed by atoms with Crippen LogP contribution in [0, 0.1) is 6.92 Å². The highest BCUT2D eigenvalue weighted by Crippen LogP contribution is 2.33. The van der Waals surface area contributed by atoms with Crippen LogP contribution < -0.4 is 10.6 Å². The van der Waals surface area contributed by atoms with Crippen molar-refractivity contribution in [3.63, 3.8) is 0 Å². The zero-order valence-electron chi connectivity index (χ0n) is 13.9. The Labute approximate surface area is 144 Å². The number of aromatic nitrogens is 2. The van der Waals surface area contributed by atoms with Crippen molar-refractivity contribution < 1.29 is 14.3 Å². The fourth-order valence-corrected chi connectivity index (χ4v) is 3.80. The molecule has 8 heteroatoms. The van der Waals surface area contributed by atoms with Crippen molar-refractivity contribution in [2.75, 3.05) is 38.8 Å². The highest BCUT2D eigenvalue weighted by atomic mass is 32.1. The van der Waals surface area contributed by atoms with Crippen molar-refractivity contribution in [2.24, 2.45) is 0 Å². The van der Waals surface area contributed by atoms with Crippen LogP contribution in [0.4, 0.5) is 5.82 Å². The molecule has 7 nitrogen and oxygen atoms in total. The Balaban J connectivity index is 1.80. The molecule has 0 bridgehead atoms. The summed E-state index contributed by atoms with van der Waals surface area (Å²) in [6, 6.07) is 0.258. The number of fused-ring (bicyclic) bond motifs is 1. The monoisotopic (exact) mass is 350 g/mol. The van der Waals surface area contributed by atoms with E-state index < -0.39 is 0 Å². The molecule has 1 aliphatic rings. The zero-order chi connectivity index (χ0) is 16.9. The van der Waals surface area contributed by atoms with Gasteiger partial charge >= 0.3 is 0 Å². The maximum Gasteiger partial charge on any atom is 0.261 e. The fourth-order valence-electron chi connectivity index (χ4n) is 2.74. The van der Waals surface area contributed by atoms with E-state index in [0.717, 1.165) is 41.0 Å². The molecule has 1 fully saturated rings. The Morgan fingerprint density at radius 2 is 2.38 bits per heavy atom. The van der Waals surface area contributed by atoms with E-state index in [2.05, 4.69) is 20.6 Å². The van der Waals surface area contributed by atoms with Gasteiger partial charge in [-0.05, 0) is 25.3 Å². The van der Waals surface area contributed by atoms with E-state index in [9.17, 15) is 4.79 Å². The topological polar surface area (TPSA) is 85.4 Å². The summed E-state index contributed by atoms with van der Waals surface area (Å²) in [6.07, 6.45) is 3.29. The molecule has 0 aliphatic carbocycles. The van der Waals surface area contributed by atoms with Crippen molar-refractivity contribution in [2.45, 2.75) is 25.8 Å². The maximum absolute atomic E-state index is 12.4. The first-order valence-electron chi connectivity index (χ1n) is 8.06. The van der Waals surface area contributed by atoms with Gasteiger partial charge < -0.3 is 20.1 Å². The Morgan fingerprint density at radius 1 is 1.50 bits per heavy atom. The SMILES string of the molecule is COCCCNC(=O)c1sc2ncnc(N[C@H]3CCOC3)c2c1C. The molecule has 0 radical (unpaired) electrons. The summed E-state index contributed by atoms with van der Waals surface area (Å²) in [5.41, 5.74) is 0.918. The van der Waals surface area contributed by atoms with Gasteiger partial charge in [0.1, 0.15) is 17.0 Å². The van der Waals surface area contributed by atoms with Gasteiger partial charge in [-0.1, -0.05) is 0 Å². The highest BCUT2D eigenvalue weighted by Gasteiger charge is 2.22. The lowest BCUT2D eigenvalue weighted by Crippen LogP contribution is -2.25. The van der Waals surface area contributed by atoms with E-state index in [1.54, 1.807) is 7.11 Å². The van der Waals surface area contributed by atoms with Gasteiger partial charge in [-0.3, -0.25) is 4.79 Å². The molecular weight excluding hydrogens is 328 g/mol. The third-order valence-electron chi connectivity index (χ3n) is 4.01. The van der Waals surface area contributed by atoms with Gasteiger partial charge in [0.25, 0.3) is 5.91 Å². The van der Waals surface area contributed by atoms with E-state index in [1.807, 2.05) is 6.92 Å². The van der Waals surface area contributed by atoms with Gasteiger partial charge in [-0.2, -0.15) is 0 Å². The molecule has 2 aromatic heterocycles. The average Bonchev–Trinajstić information content (AvgIpc) is 3.20. The second kappa shape index (κ2) is 7.87. The Kier molecular flexibility index (Phi) is 5.60. The van der Waals surface area contributed by atoms with Crippen LogP contribution in [0.1, 0.15) is 28.1 Å². The van der Waals surface area contributed by atoms with E-state index in [4.69, 9.17) is 9.47 Å². The molecule has 24 heavy (non-hydrogen) atoms. The number of carbonyl (C=O) groups excluding carboxylic acids is 1. The van der Waals surface area contributed by atoms with E-state index in [1.165, 1.54) is 17.7 Å². The van der Waals surface area contributed by atoms with Gasteiger partial charge in [0, 0.05) is 26.9 Å². The smallest absolute Gasteiger partial charge is 0.261 e. The van der Waals surface area contributed by atoms with E-state index in [-0.39, 0.29) is 11.9 Å². The lowest BCUT2D eigenvalue weighted by Gasteiger charge is -2.12. The number of hydrogen-bond donors (Lipinski definition) is 2. The van der Waals surface area contributed by atoms with Crippen molar-refractivity contribution in [3.8, 4) is 0 Å². The predicted molar refractivity (Wildman–Crippen MR) is 93.8 cm³/mol. The molecular formula is C16H22N4O3S. The fraction of sp³-hybridized carbons (Fsp3) is 0.562. The molecule has 1 aliphatic heterocycles. The highest BCUT2D eigenvalue weighted by molar-refractivity contribution is 7.20. The number of methoxy groups -OCH3 is 1. The molecule has 1 atom stereocenters. The first-order chi connectivity index (χ1) is 11.7. The summed E-state index contributed by atoms with van der Waals surface area (Å²) in [5, 5.41) is 7.28. The third kappa shape index (κ3) is 3.66. The van der Waals surface area contributed by atoms with Crippen LogP contribution in [0.2, 0.25) is 0 Å². The summed E-state index contributed by atoms with van der Waals surface area (Å²) in [7, 11) is 1.65. The lowest BCUT2D eigenvalue weighted by molar-refractivity contribution is 0.0952. The number of ether oxygens (including phenoxy) is 2. The van der Waals surface area contributed by atoms with Crippen LogP contribution in [0.5, 0.6) is 0 Å². The second-order valence-corrected chi connectivity index (χ2v) is 6.76. The summed E-state index contributed by atoms with van der Waals surface area (Å²) < 4.78 is 10.4. The van der Waals surface area contributed by atoms with Crippen LogP contribution in [0.25, 0.3) is 10.2 Å². The number of nitrogens with zero attached hydrogens (tertiary/aromatic N) is 2. The molecule has 0 saturated carbocycles. The van der Waals surface area contributed by atoms with Gasteiger partial charge in [0.2, 0.25) is 0 Å². The quantitative estimate of drug-likeness (QED) is 0.743. The third-order valence-corrected chi connectivity index (χ3v) is 5.21. The Morgan fingerprint density at radius 3 is 3.12 bits per heavy atom. The largest absolute Gasteiger partial charge is 0.385 e. The lowest BCUT2D eigenvalue weighted by atomic mass is 10.2. The maximum atomic E-state index is 12.4. The van der Waals surface area contributed by atoms with Gasteiger partial charge in [0.15, 0.2) is 0 Å². The summed E-state index contributed by atoms with van der Waals surface area (Å²) in [4.78, 5) is 22.6. The number of rotatable bonds is 7. The minimum atomic E-state index is -0.0678. The van der Waals surface area contributed by atoms with Gasteiger partial charge in [-0.25, -0.2) is 9.97 Å². The minimum Gasteiger partial charge on any atom is -0.385 e. The normalized spacial score (nSPS) is 17.3. The van der Waals surface area contributed by atoms with Crippen molar-refractivity contribution in [1.29, 1.82) is 0 Å².